The maximum Gasteiger partial charge on any atom is 0.355 e. The number of morpholine rings is 1. The largest absolute Gasteiger partial charge is 0.493 e. The molecule has 0 spiro atoms. The normalized spacial score (nSPS) is 16.1. The molecule has 1 fully saturated rings. The summed E-state index contributed by atoms with van der Waals surface area (Å²) in [5.74, 6) is 0.777. The zero-order valence-electron chi connectivity index (χ0n) is 21.8. The fraction of sp³-hybridized carbons (Fsp3) is 0.500. The second-order valence-electron chi connectivity index (χ2n) is 9.84. The summed E-state index contributed by atoms with van der Waals surface area (Å²) in [5.41, 5.74) is 5.60. The van der Waals surface area contributed by atoms with E-state index in [0.29, 0.717) is 18.9 Å². The van der Waals surface area contributed by atoms with Crippen LogP contribution in [0.2, 0.25) is 0 Å². The molecule has 2 aromatic carbocycles. The van der Waals surface area contributed by atoms with Crippen LogP contribution < -0.4 is 4.74 Å². The van der Waals surface area contributed by atoms with Crippen molar-refractivity contribution in [3.63, 3.8) is 0 Å². The van der Waals surface area contributed by atoms with Crippen molar-refractivity contribution in [1.82, 2.24) is 9.47 Å². The molecule has 1 aromatic heterocycles. The van der Waals surface area contributed by atoms with Gasteiger partial charge in [-0.05, 0) is 90.2 Å². The van der Waals surface area contributed by atoms with Gasteiger partial charge >= 0.3 is 5.97 Å². The lowest BCUT2D eigenvalue weighted by molar-refractivity contribution is 0.0359. The number of aryl methyl sites for hydroxylation is 2. The van der Waals surface area contributed by atoms with E-state index in [2.05, 4.69) is 49.7 Å². The van der Waals surface area contributed by atoms with Crippen molar-refractivity contribution in [2.24, 2.45) is 0 Å². The number of fused-ring (bicyclic) bond motifs is 2. The first-order valence-corrected chi connectivity index (χ1v) is 14.5. The average Bonchev–Trinajstić information content (AvgIpc) is 3.25. The van der Waals surface area contributed by atoms with Crippen molar-refractivity contribution in [1.29, 1.82) is 0 Å². The van der Waals surface area contributed by atoms with E-state index < -0.39 is 0 Å². The van der Waals surface area contributed by atoms with Gasteiger partial charge in [0, 0.05) is 36.0 Å². The van der Waals surface area contributed by atoms with Gasteiger partial charge in [0.2, 0.25) is 0 Å². The summed E-state index contributed by atoms with van der Waals surface area (Å²) in [6.07, 6.45) is 6.32. The van der Waals surface area contributed by atoms with Gasteiger partial charge in [-0.1, -0.05) is 24.3 Å². The first-order valence-electron chi connectivity index (χ1n) is 13.7. The minimum Gasteiger partial charge on any atom is -0.493 e. The molecule has 1 aliphatic heterocycles. The highest BCUT2D eigenvalue weighted by molar-refractivity contribution is 9.10. The van der Waals surface area contributed by atoms with Crippen LogP contribution in [0.25, 0.3) is 10.9 Å². The molecule has 1 saturated heterocycles. The lowest BCUT2D eigenvalue weighted by atomic mass is 9.91. The molecule has 0 atom stereocenters. The third kappa shape index (κ3) is 5.89. The van der Waals surface area contributed by atoms with E-state index in [4.69, 9.17) is 14.2 Å². The Labute approximate surface area is 228 Å². The van der Waals surface area contributed by atoms with Crippen molar-refractivity contribution < 1.29 is 19.0 Å². The Balaban J connectivity index is 1.38. The maximum atomic E-state index is 13.3. The van der Waals surface area contributed by atoms with Gasteiger partial charge in [0.05, 0.1) is 31.9 Å². The number of aromatic nitrogens is 1. The van der Waals surface area contributed by atoms with Crippen molar-refractivity contribution in [3.05, 3.63) is 63.3 Å². The number of hydrogen-bond acceptors (Lipinski definition) is 5. The minimum atomic E-state index is -0.249. The molecule has 3 aromatic rings. The number of esters is 1. The van der Waals surface area contributed by atoms with Crippen molar-refractivity contribution >= 4 is 32.8 Å². The van der Waals surface area contributed by atoms with Gasteiger partial charge in [0.25, 0.3) is 0 Å². The number of hydrogen-bond donors (Lipinski definition) is 0. The Kier molecular flexibility index (Phi) is 8.85. The summed E-state index contributed by atoms with van der Waals surface area (Å²) in [6, 6.07) is 12.7. The van der Waals surface area contributed by atoms with Crippen LogP contribution in [0, 0.1) is 0 Å². The number of ether oxygens (including phenoxy) is 3. The van der Waals surface area contributed by atoms with Crippen LogP contribution in [0.1, 0.15) is 53.4 Å². The predicted octanol–water partition coefficient (Wildman–Crippen LogP) is 5.80. The zero-order chi connectivity index (χ0) is 25.6. The van der Waals surface area contributed by atoms with E-state index in [1.807, 2.05) is 19.1 Å². The quantitative estimate of drug-likeness (QED) is 0.228. The first kappa shape index (κ1) is 26.3. The van der Waals surface area contributed by atoms with Crippen LogP contribution in [0.15, 0.2) is 40.9 Å². The van der Waals surface area contributed by atoms with E-state index in [9.17, 15) is 4.79 Å². The van der Waals surface area contributed by atoms with Crippen molar-refractivity contribution in [2.45, 2.75) is 52.0 Å². The van der Waals surface area contributed by atoms with Gasteiger partial charge in [-0.25, -0.2) is 4.79 Å². The number of carbonyl (C=O) groups is 1. The van der Waals surface area contributed by atoms with Crippen LogP contribution >= 0.6 is 15.9 Å². The second-order valence-corrected chi connectivity index (χ2v) is 10.7. The third-order valence-corrected chi connectivity index (χ3v) is 8.17. The molecule has 6 nitrogen and oxygen atoms in total. The fourth-order valence-electron chi connectivity index (χ4n) is 5.72. The van der Waals surface area contributed by atoms with Gasteiger partial charge in [0.15, 0.2) is 0 Å². The Morgan fingerprint density at radius 2 is 1.86 bits per heavy atom. The van der Waals surface area contributed by atoms with Gasteiger partial charge in [-0.3, -0.25) is 4.90 Å². The molecule has 37 heavy (non-hydrogen) atoms. The molecule has 0 amide bonds. The molecule has 2 aliphatic rings. The Bertz CT molecular complexity index is 1230. The number of benzene rings is 2. The number of nitrogens with zero attached hydrogens (tertiary/aromatic N) is 2. The van der Waals surface area contributed by atoms with Crippen LogP contribution in [-0.4, -0.2) is 61.5 Å². The van der Waals surface area contributed by atoms with Crippen LogP contribution in [-0.2, 0) is 35.3 Å². The molecule has 0 unspecified atom stereocenters. The molecule has 0 N–H and O–H groups in total. The average molecular weight is 570 g/mol. The molecular formula is C30H37BrN2O4. The molecule has 0 saturated carbocycles. The molecule has 2 heterocycles. The predicted molar refractivity (Wildman–Crippen MR) is 150 cm³/mol. The summed E-state index contributed by atoms with van der Waals surface area (Å²) >= 11 is 3.77. The Hall–Kier alpha value is -2.35. The molecule has 7 heteroatoms. The summed E-state index contributed by atoms with van der Waals surface area (Å²) in [7, 11) is 0. The van der Waals surface area contributed by atoms with Crippen LogP contribution in [0.4, 0.5) is 0 Å². The summed E-state index contributed by atoms with van der Waals surface area (Å²) < 4.78 is 20.5. The third-order valence-electron chi connectivity index (χ3n) is 7.53. The first-order chi connectivity index (χ1) is 18.2. The summed E-state index contributed by atoms with van der Waals surface area (Å²) in [5, 5.41) is 1.11. The zero-order valence-corrected chi connectivity index (χ0v) is 23.4. The van der Waals surface area contributed by atoms with Crippen LogP contribution in [0.3, 0.4) is 0 Å². The highest BCUT2D eigenvalue weighted by Crippen LogP contribution is 2.34. The topological polar surface area (TPSA) is 52.9 Å². The standard InChI is InChI=1S/C30H37BrN2O4/c1-2-36-30(34)29-25(12-7-19-37-27-14-5-9-22-8-3-4-10-23(22)27)24-11-6-13-26(31)28(24)33(29)16-15-32-17-20-35-21-18-32/h5-6,9,11,13-14H,2-4,7-8,10,12,15-21H2,1H3. The maximum absolute atomic E-state index is 13.3. The number of para-hydroxylation sites is 1. The van der Waals surface area contributed by atoms with Gasteiger partial charge in [0.1, 0.15) is 11.4 Å². The molecule has 1 aliphatic carbocycles. The Morgan fingerprint density at radius 3 is 2.70 bits per heavy atom. The number of rotatable bonds is 10. The highest BCUT2D eigenvalue weighted by atomic mass is 79.9. The lowest BCUT2D eigenvalue weighted by Gasteiger charge is -2.27. The molecule has 0 radical (unpaired) electrons. The number of halogens is 1. The van der Waals surface area contributed by atoms with Gasteiger partial charge < -0.3 is 18.8 Å². The summed E-state index contributed by atoms with van der Waals surface area (Å²) in [6.45, 7) is 7.78. The Morgan fingerprint density at radius 1 is 1.05 bits per heavy atom. The number of carbonyl (C=O) groups excluding carboxylic acids is 1. The van der Waals surface area contributed by atoms with E-state index in [0.717, 1.165) is 91.8 Å². The monoisotopic (exact) mass is 568 g/mol. The molecular weight excluding hydrogens is 532 g/mol. The van der Waals surface area contributed by atoms with Crippen LogP contribution in [0.5, 0.6) is 5.75 Å². The van der Waals surface area contributed by atoms with Gasteiger partial charge in [-0.15, -0.1) is 0 Å². The van der Waals surface area contributed by atoms with Crippen molar-refractivity contribution in [3.8, 4) is 5.75 Å². The van der Waals surface area contributed by atoms with E-state index in [1.165, 1.54) is 24.0 Å². The second kappa shape index (κ2) is 12.5. The molecule has 0 bridgehead atoms. The SMILES string of the molecule is CCOC(=O)c1c(CCCOc2cccc3c2CCCC3)c2cccc(Br)c2n1CCN1CCOCC1. The fourth-order valence-corrected chi connectivity index (χ4v) is 6.30. The van der Waals surface area contributed by atoms with E-state index >= 15 is 0 Å². The molecule has 5 rings (SSSR count). The summed E-state index contributed by atoms with van der Waals surface area (Å²) in [4.78, 5) is 15.7. The van der Waals surface area contributed by atoms with Crippen molar-refractivity contribution in [2.75, 3.05) is 46.1 Å². The van der Waals surface area contributed by atoms with E-state index in [1.54, 1.807) is 0 Å². The molecule has 198 valence electrons. The van der Waals surface area contributed by atoms with Gasteiger partial charge in [-0.2, -0.15) is 0 Å². The lowest BCUT2D eigenvalue weighted by Crippen LogP contribution is -2.38. The van der Waals surface area contributed by atoms with E-state index in [-0.39, 0.29) is 5.97 Å². The highest BCUT2D eigenvalue weighted by Gasteiger charge is 2.25. The smallest absolute Gasteiger partial charge is 0.355 e. The minimum absolute atomic E-state index is 0.249.